The van der Waals surface area contributed by atoms with Crippen molar-refractivity contribution < 1.29 is 31.1 Å². The summed E-state index contributed by atoms with van der Waals surface area (Å²) in [6.07, 6.45) is -6.01. The van der Waals surface area contributed by atoms with Crippen molar-refractivity contribution in [3.8, 4) is 57.4 Å². The highest BCUT2D eigenvalue weighted by molar-refractivity contribution is 5.66. The summed E-state index contributed by atoms with van der Waals surface area (Å²) < 4.78 is 87.0. The van der Waals surface area contributed by atoms with Crippen molar-refractivity contribution >= 4 is 6.29 Å². The van der Waals surface area contributed by atoms with Crippen LogP contribution in [0.25, 0.3) is 45.3 Å². The lowest BCUT2D eigenvalue weighted by Crippen LogP contribution is -2.43. The molecule has 0 saturated carbocycles. The predicted molar refractivity (Wildman–Crippen MR) is 251 cm³/mol. The van der Waals surface area contributed by atoms with Crippen LogP contribution in [0.4, 0.5) is 26.3 Å². The zero-order valence-electron chi connectivity index (χ0n) is 38.5. The van der Waals surface area contributed by atoms with Gasteiger partial charge < -0.3 is 9.69 Å². The molecule has 16 nitrogen and oxygen atoms in total. The fourth-order valence-corrected chi connectivity index (χ4v) is 7.83. The van der Waals surface area contributed by atoms with Gasteiger partial charge in [-0.2, -0.15) is 47.1 Å². The van der Waals surface area contributed by atoms with Gasteiger partial charge in [-0.15, -0.1) is 0 Å². The predicted octanol–water partition coefficient (Wildman–Crippen LogP) is 6.86. The van der Waals surface area contributed by atoms with Crippen LogP contribution in [0.3, 0.4) is 0 Å². The highest BCUT2D eigenvalue weighted by Crippen LogP contribution is 2.33. The summed E-state index contributed by atoms with van der Waals surface area (Å²) in [5, 5.41) is 26.7. The lowest BCUT2D eigenvalue weighted by atomic mass is 10.1. The maximum atomic E-state index is 13.7. The van der Waals surface area contributed by atoms with Gasteiger partial charge in [0.2, 0.25) is 0 Å². The number of carbonyl (C=O) groups is 1. The molecule has 0 aliphatic heterocycles. The van der Waals surface area contributed by atoms with Crippen LogP contribution < -0.4 is 22.5 Å². The largest absolute Gasteiger partial charge is 0.416 e. The van der Waals surface area contributed by atoms with Crippen molar-refractivity contribution in [3.05, 3.63) is 197 Å². The first-order valence-corrected chi connectivity index (χ1v) is 21.5. The van der Waals surface area contributed by atoms with Gasteiger partial charge >= 0.3 is 23.7 Å². The lowest BCUT2D eigenvalue weighted by Gasteiger charge is -2.20. The minimum absolute atomic E-state index is 0.0124. The molecule has 0 amide bonds. The quantitative estimate of drug-likeness (QED) is 0.0977. The highest BCUT2D eigenvalue weighted by Gasteiger charge is 2.33. The maximum absolute atomic E-state index is 13.7. The third-order valence-corrected chi connectivity index (χ3v) is 11.3. The summed E-state index contributed by atoms with van der Waals surface area (Å²) in [7, 11) is 3.57. The van der Waals surface area contributed by atoms with Gasteiger partial charge in [0.1, 0.15) is 6.29 Å². The number of likely N-dealkylation sites (N-methyl/N-ethyl adjacent to an activating group) is 1. The topological polar surface area (TPSA) is 192 Å². The number of carbonyl (C=O) groups excluding carboxylic acids is 1. The van der Waals surface area contributed by atoms with Crippen molar-refractivity contribution in [3.63, 3.8) is 0 Å². The first kappa shape index (κ1) is 50.7. The molecule has 0 atom stereocenters. The molecule has 0 bridgehead atoms. The zero-order valence-corrected chi connectivity index (χ0v) is 38.5. The number of nitriles is 2. The van der Waals surface area contributed by atoms with Crippen LogP contribution in [0, 0.1) is 36.5 Å². The molecular formula is C50H39F6N11O5. The van der Waals surface area contributed by atoms with Crippen molar-refractivity contribution in [1.82, 2.24) is 42.7 Å². The molecule has 4 aromatic carbocycles. The van der Waals surface area contributed by atoms with Crippen LogP contribution in [-0.2, 0) is 30.2 Å². The molecule has 72 heavy (non-hydrogen) atoms. The minimum Gasteiger partial charge on any atom is -0.308 e. The number of benzene rings is 4. The summed E-state index contributed by atoms with van der Waals surface area (Å²) in [5.41, 5.74) is -2.22. The van der Waals surface area contributed by atoms with Gasteiger partial charge in [0.15, 0.2) is 0 Å². The maximum Gasteiger partial charge on any atom is 0.416 e. The minimum atomic E-state index is -4.65. The lowest BCUT2D eigenvalue weighted by molar-refractivity contribution is -0.138. The van der Waals surface area contributed by atoms with Gasteiger partial charge in [0.25, 0.3) is 11.1 Å². The van der Waals surface area contributed by atoms with E-state index in [0.29, 0.717) is 45.6 Å². The number of halogens is 6. The number of hydrogen-bond donors (Lipinski definition) is 0. The zero-order chi connectivity index (χ0) is 52.2. The van der Waals surface area contributed by atoms with E-state index in [0.717, 1.165) is 44.0 Å². The molecule has 0 aliphatic carbocycles. The van der Waals surface area contributed by atoms with Crippen LogP contribution in [0.5, 0.6) is 0 Å². The van der Waals surface area contributed by atoms with E-state index in [1.807, 2.05) is 12.1 Å². The number of nitrogens with zero attached hydrogens (tertiary/aromatic N) is 11. The molecule has 8 rings (SSSR count). The molecule has 0 radical (unpaired) electrons. The fraction of sp³-hybridized carbons (Fsp3) is 0.180. The third kappa shape index (κ3) is 10.1. The van der Waals surface area contributed by atoms with Gasteiger partial charge in [0.05, 0.1) is 98.6 Å². The fourth-order valence-electron chi connectivity index (χ4n) is 7.83. The van der Waals surface area contributed by atoms with E-state index >= 15 is 0 Å². The Hall–Kier alpha value is -9.15. The average Bonchev–Trinajstić information content (AvgIpc) is 4.04. The second-order valence-corrected chi connectivity index (χ2v) is 16.2. The van der Waals surface area contributed by atoms with Crippen LogP contribution in [-0.4, -0.2) is 69.7 Å². The van der Waals surface area contributed by atoms with Crippen molar-refractivity contribution in [1.29, 1.82) is 10.5 Å². The smallest absolute Gasteiger partial charge is 0.308 e. The molecule has 8 aromatic rings. The van der Waals surface area contributed by atoms with Crippen LogP contribution in [0.15, 0.2) is 141 Å². The number of alkyl halides is 6. The van der Waals surface area contributed by atoms with Gasteiger partial charge in [0, 0.05) is 24.5 Å². The Morgan fingerprint density at radius 1 is 0.583 bits per heavy atom. The second kappa shape index (κ2) is 20.4. The van der Waals surface area contributed by atoms with Crippen molar-refractivity contribution in [2.45, 2.75) is 39.3 Å². The molecule has 0 unspecified atom stereocenters. The Morgan fingerprint density at radius 3 is 1.36 bits per heavy atom. The molecule has 22 heteroatoms. The van der Waals surface area contributed by atoms with Gasteiger partial charge in [-0.05, 0) is 125 Å². The molecule has 0 N–H and O–H groups in total. The molecular weight excluding hydrogens is 949 g/mol. The summed E-state index contributed by atoms with van der Waals surface area (Å²) in [5.74, 6) is 0. The monoisotopic (exact) mass is 987 g/mol. The number of aromatic nitrogens is 8. The Bertz CT molecular complexity index is 3680. The van der Waals surface area contributed by atoms with E-state index in [-0.39, 0.29) is 46.1 Å². The molecule has 4 heterocycles. The number of hydrogen-bond acceptors (Lipinski definition) is 10. The molecule has 0 spiro atoms. The summed E-state index contributed by atoms with van der Waals surface area (Å²) >= 11 is 0. The first-order valence-electron chi connectivity index (χ1n) is 21.5. The highest BCUT2D eigenvalue weighted by atomic mass is 19.4. The third-order valence-electron chi connectivity index (χ3n) is 11.3. The Balaban J connectivity index is 0.000000212. The molecule has 0 saturated heterocycles. The Kier molecular flexibility index (Phi) is 14.4. The average molecular weight is 988 g/mol. The standard InChI is InChI=1S/C26H23F3N6O2.C24H16F3N5O3/c1-17-23(22-11-12-31-35(22)20-9-7-18(16-30)8-10-20)24(36)33(14-13-32(2)3)25(37)34(17)21-6-4-5-19(15-21)26(27,28)29;1-15-21(20-9-10-29-32(20)18-7-5-16(14-28)6-8-18)22(34)30(11-12-33)23(35)31(15)19-4-2-3-17(13-19)24(25,26)27/h4-12,15H,13-14H2,1-3H3;2-10,12-13H,11H2,1H3. The van der Waals surface area contributed by atoms with E-state index in [9.17, 15) is 50.3 Å². The van der Waals surface area contributed by atoms with Crippen LogP contribution >= 0.6 is 0 Å². The van der Waals surface area contributed by atoms with Crippen molar-refractivity contribution in [2.24, 2.45) is 0 Å². The van der Waals surface area contributed by atoms with Gasteiger partial charge in [-0.1, -0.05) is 12.1 Å². The van der Waals surface area contributed by atoms with E-state index in [2.05, 4.69) is 10.2 Å². The van der Waals surface area contributed by atoms with E-state index in [1.54, 1.807) is 73.6 Å². The SMILES string of the molecule is Cc1c(-c2ccnn2-c2ccc(C#N)cc2)c(=O)n(CC=O)c(=O)n1-c1cccc(C(F)(F)F)c1.Cc1c(-c2ccnn2-c2ccc(C#N)cc2)c(=O)n(CCN(C)C)c(=O)n1-c1cccc(C(F)(F)F)c1. The van der Waals surface area contributed by atoms with E-state index < -0.39 is 52.5 Å². The van der Waals surface area contributed by atoms with Gasteiger partial charge in [-0.3, -0.25) is 27.9 Å². The van der Waals surface area contributed by atoms with Crippen LogP contribution in [0.2, 0.25) is 0 Å². The molecule has 0 aliphatic rings. The Morgan fingerprint density at radius 2 is 0.986 bits per heavy atom. The number of rotatable bonds is 11. The first-order chi connectivity index (χ1) is 34.2. The van der Waals surface area contributed by atoms with E-state index in [1.165, 1.54) is 59.9 Å². The summed E-state index contributed by atoms with van der Waals surface area (Å²) in [6.45, 7) is 2.75. The Labute approximate surface area is 403 Å². The van der Waals surface area contributed by atoms with E-state index in [4.69, 9.17) is 10.5 Å². The normalized spacial score (nSPS) is 11.5. The number of aldehydes is 1. The molecule has 366 valence electrons. The van der Waals surface area contributed by atoms with Crippen LogP contribution in [0.1, 0.15) is 33.6 Å². The summed E-state index contributed by atoms with van der Waals surface area (Å²) in [4.78, 5) is 66.7. The molecule has 4 aromatic heterocycles. The second-order valence-electron chi connectivity index (χ2n) is 16.2. The summed E-state index contributed by atoms with van der Waals surface area (Å²) in [6, 6.07) is 28.6. The molecule has 0 fully saturated rings. The van der Waals surface area contributed by atoms with Crippen molar-refractivity contribution in [2.75, 3.05) is 20.6 Å². The van der Waals surface area contributed by atoms with Gasteiger partial charge in [-0.25, -0.2) is 19.0 Å².